The van der Waals surface area contributed by atoms with Gasteiger partial charge in [-0.3, -0.25) is 0 Å². The van der Waals surface area contributed by atoms with Crippen LogP contribution in [-0.2, 0) is 6.42 Å². The average molecular weight is 416 g/mol. The van der Waals surface area contributed by atoms with Crippen molar-refractivity contribution in [2.45, 2.75) is 6.42 Å². The molecule has 0 aliphatic heterocycles. The fourth-order valence-corrected chi connectivity index (χ4v) is 3.30. The van der Waals surface area contributed by atoms with E-state index in [9.17, 15) is 0 Å². The van der Waals surface area contributed by atoms with E-state index < -0.39 is 0 Å². The molecule has 2 heterocycles. The SMILES string of the molecule is CNc1nc(NCCc2ccccc2)ncc1-c1cccc(-c2ccc(Cl)cc2)n1. The average Bonchev–Trinajstić information content (AvgIpc) is 2.80. The van der Waals surface area contributed by atoms with Crippen molar-refractivity contribution in [1.82, 2.24) is 15.0 Å². The number of anilines is 2. The van der Waals surface area contributed by atoms with Gasteiger partial charge in [-0.1, -0.05) is 60.1 Å². The summed E-state index contributed by atoms with van der Waals surface area (Å²) in [5.41, 5.74) is 4.81. The third kappa shape index (κ3) is 4.75. The highest BCUT2D eigenvalue weighted by Gasteiger charge is 2.11. The molecule has 4 aromatic rings. The second kappa shape index (κ2) is 9.37. The maximum atomic E-state index is 6.00. The van der Waals surface area contributed by atoms with Gasteiger partial charge in [0.25, 0.3) is 0 Å². The first-order valence-electron chi connectivity index (χ1n) is 9.79. The minimum atomic E-state index is 0.591. The van der Waals surface area contributed by atoms with Gasteiger partial charge >= 0.3 is 0 Å². The van der Waals surface area contributed by atoms with Crippen LogP contribution < -0.4 is 10.6 Å². The Morgan fingerprint density at radius 2 is 1.60 bits per heavy atom. The van der Waals surface area contributed by atoms with E-state index in [1.54, 1.807) is 6.20 Å². The van der Waals surface area contributed by atoms with Gasteiger partial charge in [-0.25, -0.2) is 9.97 Å². The van der Waals surface area contributed by atoms with E-state index in [-0.39, 0.29) is 0 Å². The molecular weight excluding hydrogens is 394 g/mol. The van der Waals surface area contributed by atoms with Crippen molar-refractivity contribution >= 4 is 23.4 Å². The molecule has 2 aromatic heterocycles. The maximum Gasteiger partial charge on any atom is 0.224 e. The van der Waals surface area contributed by atoms with Crippen molar-refractivity contribution in [3.63, 3.8) is 0 Å². The van der Waals surface area contributed by atoms with Crippen molar-refractivity contribution in [2.75, 3.05) is 24.2 Å². The highest BCUT2D eigenvalue weighted by atomic mass is 35.5. The molecule has 0 saturated heterocycles. The zero-order chi connectivity index (χ0) is 20.8. The van der Waals surface area contributed by atoms with E-state index in [4.69, 9.17) is 16.6 Å². The number of halogens is 1. The predicted molar refractivity (Wildman–Crippen MR) is 124 cm³/mol. The number of benzene rings is 2. The summed E-state index contributed by atoms with van der Waals surface area (Å²) in [6.07, 6.45) is 2.71. The van der Waals surface area contributed by atoms with Crippen LogP contribution in [0.3, 0.4) is 0 Å². The van der Waals surface area contributed by atoms with Crippen LogP contribution in [0.15, 0.2) is 79.0 Å². The highest BCUT2D eigenvalue weighted by Crippen LogP contribution is 2.28. The largest absolute Gasteiger partial charge is 0.372 e. The van der Waals surface area contributed by atoms with Crippen LogP contribution in [0.4, 0.5) is 11.8 Å². The summed E-state index contributed by atoms with van der Waals surface area (Å²) in [7, 11) is 1.85. The molecule has 4 rings (SSSR count). The summed E-state index contributed by atoms with van der Waals surface area (Å²) in [4.78, 5) is 13.9. The fraction of sp³-hybridized carbons (Fsp3) is 0.125. The van der Waals surface area contributed by atoms with Gasteiger partial charge in [-0.2, -0.15) is 4.98 Å². The zero-order valence-corrected chi connectivity index (χ0v) is 17.4. The molecule has 0 radical (unpaired) electrons. The first kappa shape index (κ1) is 19.9. The van der Waals surface area contributed by atoms with E-state index in [2.05, 4.69) is 32.7 Å². The monoisotopic (exact) mass is 415 g/mol. The molecule has 150 valence electrons. The Balaban J connectivity index is 1.53. The summed E-state index contributed by atoms with van der Waals surface area (Å²) in [5, 5.41) is 7.16. The van der Waals surface area contributed by atoms with Crippen LogP contribution >= 0.6 is 11.6 Å². The second-order valence-corrected chi connectivity index (χ2v) is 7.22. The fourth-order valence-electron chi connectivity index (χ4n) is 3.17. The van der Waals surface area contributed by atoms with Gasteiger partial charge in [0.2, 0.25) is 5.95 Å². The van der Waals surface area contributed by atoms with Crippen LogP contribution in [0.25, 0.3) is 22.5 Å². The molecule has 0 aliphatic rings. The van der Waals surface area contributed by atoms with Gasteiger partial charge in [0.1, 0.15) is 5.82 Å². The number of hydrogen-bond acceptors (Lipinski definition) is 5. The van der Waals surface area contributed by atoms with Crippen LogP contribution in [0.1, 0.15) is 5.56 Å². The molecule has 0 atom stereocenters. The first-order chi connectivity index (χ1) is 14.7. The third-order valence-corrected chi connectivity index (χ3v) is 4.98. The van der Waals surface area contributed by atoms with Crippen molar-refractivity contribution in [3.05, 3.63) is 89.6 Å². The lowest BCUT2D eigenvalue weighted by molar-refractivity contribution is 0.984. The molecule has 5 nitrogen and oxygen atoms in total. The molecular formula is C24H22ClN5. The van der Waals surface area contributed by atoms with Crippen molar-refractivity contribution in [2.24, 2.45) is 0 Å². The second-order valence-electron chi connectivity index (χ2n) is 6.78. The smallest absolute Gasteiger partial charge is 0.224 e. The summed E-state index contributed by atoms with van der Waals surface area (Å²) >= 11 is 6.00. The summed E-state index contributed by atoms with van der Waals surface area (Å²) < 4.78 is 0. The van der Waals surface area contributed by atoms with Crippen LogP contribution in [0, 0.1) is 0 Å². The van der Waals surface area contributed by atoms with Crippen molar-refractivity contribution in [1.29, 1.82) is 0 Å². The molecule has 0 saturated carbocycles. The maximum absolute atomic E-state index is 6.00. The molecule has 0 spiro atoms. The Bertz CT molecular complexity index is 1110. The van der Waals surface area contributed by atoms with Gasteiger partial charge in [-0.15, -0.1) is 0 Å². The lowest BCUT2D eigenvalue weighted by atomic mass is 10.1. The number of hydrogen-bond donors (Lipinski definition) is 2. The normalized spacial score (nSPS) is 10.6. The molecule has 6 heteroatoms. The molecule has 0 amide bonds. The summed E-state index contributed by atoms with van der Waals surface area (Å²) in [6.45, 7) is 0.761. The molecule has 0 bridgehead atoms. The Morgan fingerprint density at radius 1 is 0.833 bits per heavy atom. The van der Waals surface area contributed by atoms with Gasteiger partial charge < -0.3 is 10.6 Å². The Hall–Kier alpha value is -3.44. The van der Waals surface area contributed by atoms with E-state index in [1.807, 2.05) is 67.7 Å². The predicted octanol–water partition coefficient (Wildman–Crippen LogP) is 5.56. The lowest BCUT2D eigenvalue weighted by Gasteiger charge is -2.11. The summed E-state index contributed by atoms with van der Waals surface area (Å²) in [6, 6.07) is 23.9. The zero-order valence-electron chi connectivity index (χ0n) is 16.6. The lowest BCUT2D eigenvalue weighted by Crippen LogP contribution is -2.09. The molecule has 0 unspecified atom stereocenters. The summed E-state index contributed by atoms with van der Waals surface area (Å²) in [5.74, 6) is 1.32. The quantitative estimate of drug-likeness (QED) is 0.414. The van der Waals surface area contributed by atoms with Gasteiger partial charge in [0.15, 0.2) is 0 Å². The molecule has 2 N–H and O–H groups in total. The van der Waals surface area contributed by atoms with Crippen molar-refractivity contribution < 1.29 is 0 Å². The molecule has 2 aromatic carbocycles. The minimum Gasteiger partial charge on any atom is -0.372 e. The number of pyridine rings is 1. The van der Waals surface area contributed by atoms with E-state index in [1.165, 1.54) is 5.56 Å². The topological polar surface area (TPSA) is 62.7 Å². The number of aromatic nitrogens is 3. The Labute approximate surface area is 181 Å². The van der Waals surface area contributed by atoms with Crippen molar-refractivity contribution in [3.8, 4) is 22.5 Å². The van der Waals surface area contributed by atoms with E-state index in [0.29, 0.717) is 11.0 Å². The number of nitrogens with one attached hydrogen (secondary N) is 2. The van der Waals surface area contributed by atoms with E-state index >= 15 is 0 Å². The van der Waals surface area contributed by atoms with Gasteiger partial charge in [-0.05, 0) is 36.2 Å². The van der Waals surface area contributed by atoms with Crippen LogP contribution in [0.5, 0.6) is 0 Å². The van der Waals surface area contributed by atoms with Gasteiger partial charge in [0.05, 0.1) is 17.0 Å². The third-order valence-electron chi connectivity index (χ3n) is 4.73. The van der Waals surface area contributed by atoms with Gasteiger partial charge in [0, 0.05) is 30.4 Å². The highest BCUT2D eigenvalue weighted by molar-refractivity contribution is 6.30. The number of rotatable bonds is 7. The first-order valence-corrected chi connectivity index (χ1v) is 10.2. The Morgan fingerprint density at radius 3 is 2.37 bits per heavy atom. The van der Waals surface area contributed by atoms with E-state index in [0.717, 1.165) is 41.3 Å². The van der Waals surface area contributed by atoms with Crippen LogP contribution in [0.2, 0.25) is 5.02 Å². The molecule has 0 fully saturated rings. The number of nitrogens with zero attached hydrogens (tertiary/aromatic N) is 3. The standard InChI is InChI=1S/C24H22ClN5/c1-26-23-20(16-28-24(30-23)27-15-14-17-6-3-2-4-7-17)22-9-5-8-21(29-22)18-10-12-19(25)13-11-18/h2-13,16H,14-15H2,1H3,(H2,26,27,28,30). The van der Waals surface area contributed by atoms with Crippen LogP contribution in [-0.4, -0.2) is 28.5 Å². The molecule has 30 heavy (non-hydrogen) atoms. The minimum absolute atomic E-state index is 0.591. The Kier molecular flexibility index (Phi) is 6.20. The molecule has 0 aliphatic carbocycles.